The van der Waals surface area contributed by atoms with Gasteiger partial charge >= 0.3 is 0 Å². The second-order valence-electron chi connectivity index (χ2n) is 9.75. The molecule has 6 rings (SSSR count). The molecule has 176 valence electrons. The van der Waals surface area contributed by atoms with Crippen LogP contribution in [0.2, 0.25) is 0 Å². The van der Waals surface area contributed by atoms with Crippen molar-refractivity contribution in [2.45, 2.75) is 51.6 Å². The molecule has 1 saturated carbocycles. The van der Waals surface area contributed by atoms with Gasteiger partial charge in [-0.2, -0.15) is 4.98 Å². The molecule has 0 amide bonds. The van der Waals surface area contributed by atoms with Gasteiger partial charge in [-0.15, -0.1) is 0 Å². The monoisotopic (exact) mass is 459 g/mol. The van der Waals surface area contributed by atoms with Crippen molar-refractivity contribution < 1.29 is 4.39 Å². The van der Waals surface area contributed by atoms with E-state index in [1.54, 1.807) is 0 Å². The Morgan fingerprint density at radius 3 is 2.79 bits per heavy atom. The molecule has 0 unspecified atom stereocenters. The lowest BCUT2D eigenvalue weighted by Gasteiger charge is -2.28. The zero-order chi connectivity index (χ0) is 23.1. The van der Waals surface area contributed by atoms with E-state index in [4.69, 9.17) is 9.97 Å². The van der Waals surface area contributed by atoms with Gasteiger partial charge in [0, 0.05) is 61.0 Å². The summed E-state index contributed by atoms with van der Waals surface area (Å²) in [6.07, 6.45) is 11.3. The van der Waals surface area contributed by atoms with Crippen molar-refractivity contribution in [1.82, 2.24) is 29.4 Å². The fourth-order valence-electron chi connectivity index (χ4n) is 5.57. The van der Waals surface area contributed by atoms with Crippen LogP contribution in [-0.4, -0.2) is 49.2 Å². The van der Waals surface area contributed by atoms with E-state index < -0.39 is 0 Å². The number of anilines is 2. The van der Waals surface area contributed by atoms with Crippen LogP contribution in [0.25, 0.3) is 21.9 Å². The summed E-state index contributed by atoms with van der Waals surface area (Å²) in [5.41, 5.74) is 4.33. The lowest BCUT2D eigenvalue weighted by atomic mass is 9.87. The van der Waals surface area contributed by atoms with Crippen molar-refractivity contribution in [3.8, 4) is 0 Å². The third-order valence-corrected chi connectivity index (χ3v) is 7.46. The summed E-state index contributed by atoms with van der Waals surface area (Å²) in [6.45, 7) is 4.11. The minimum absolute atomic E-state index is 0.311. The summed E-state index contributed by atoms with van der Waals surface area (Å²) in [5.74, 6) is 2.08. The van der Waals surface area contributed by atoms with Crippen LogP contribution in [-0.2, 0) is 13.0 Å². The molecule has 1 aliphatic heterocycles. The van der Waals surface area contributed by atoms with Gasteiger partial charge in [0.2, 0.25) is 5.95 Å². The van der Waals surface area contributed by atoms with Crippen molar-refractivity contribution >= 4 is 33.7 Å². The molecule has 5 heterocycles. The highest BCUT2D eigenvalue weighted by atomic mass is 19.1. The van der Waals surface area contributed by atoms with Crippen molar-refractivity contribution in [1.29, 1.82) is 0 Å². The molecule has 4 aromatic rings. The lowest BCUT2D eigenvalue weighted by molar-refractivity contribution is 0.229. The zero-order valence-electron chi connectivity index (χ0n) is 19.5. The summed E-state index contributed by atoms with van der Waals surface area (Å²) in [5, 5.41) is 5.54. The minimum Gasteiger partial charge on any atom is -0.321 e. The Morgan fingerprint density at radius 1 is 1.06 bits per heavy atom. The van der Waals surface area contributed by atoms with Crippen molar-refractivity contribution in [2.75, 3.05) is 25.1 Å². The summed E-state index contributed by atoms with van der Waals surface area (Å²) in [7, 11) is 0. The highest BCUT2D eigenvalue weighted by Crippen LogP contribution is 2.38. The number of pyridine rings is 2. The number of rotatable bonds is 5. The highest BCUT2D eigenvalue weighted by molar-refractivity contribution is 6.06. The normalized spacial score (nSPS) is 21.1. The fraction of sp³-hybridized carbons (Fsp3) is 0.462. The molecule has 7 nitrogen and oxygen atoms in total. The van der Waals surface area contributed by atoms with Gasteiger partial charge < -0.3 is 9.88 Å². The maximum atomic E-state index is 12.7. The quantitative estimate of drug-likeness (QED) is 0.442. The van der Waals surface area contributed by atoms with Gasteiger partial charge in [-0.1, -0.05) is 13.0 Å². The molecule has 0 atom stereocenters. The van der Waals surface area contributed by atoms with Gasteiger partial charge in [0.1, 0.15) is 18.1 Å². The number of alkyl halides is 1. The maximum Gasteiger partial charge on any atom is 0.230 e. The molecule has 0 bridgehead atoms. The second kappa shape index (κ2) is 8.91. The number of fused-ring (bicyclic) bond motifs is 4. The standard InChI is InChI=1S/C26H30FN7/c1-17-2-5-19(6-3-17)34-23-15-28-11-8-20(23)21-14-29-26(32-25(21)34)31-24-7-4-18-16-33(13-10-27)12-9-22(18)30-24/h4,7-8,11,14-15,17,19H,2-3,5-6,9-10,12-13,16H2,1H3,(H,29,30,31,32). The lowest BCUT2D eigenvalue weighted by Crippen LogP contribution is -2.32. The Hall–Kier alpha value is -3.13. The summed E-state index contributed by atoms with van der Waals surface area (Å²) < 4.78 is 15.1. The molecule has 1 N–H and O–H groups in total. The number of aromatic nitrogens is 5. The Morgan fingerprint density at radius 2 is 1.94 bits per heavy atom. The summed E-state index contributed by atoms with van der Waals surface area (Å²) >= 11 is 0. The van der Waals surface area contributed by atoms with Gasteiger partial charge in [0.25, 0.3) is 0 Å². The van der Waals surface area contributed by atoms with E-state index >= 15 is 0 Å². The molecule has 34 heavy (non-hydrogen) atoms. The first-order valence-corrected chi connectivity index (χ1v) is 12.3. The number of hydrogen-bond donors (Lipinski definition) is 1. The number of halogens is 1. The van der Waals surface area contributed by atoms with E-state index in [0.29, 0.717) is 18.5 Å². The molecular weight excluding hydrogens is 429 g/mol. The zero-order valence-corrected chi connectivity index (χ0v) is 19.5. The molecule has 0 radical (unpaired) electrons. The first-order chi connectivity index (χ1) is 16.7. The van der Waals surface area contributed by atoms with Crippen LogP contribution in [0.3, 0.4) is 0 Å². The molecule has 1 fully saturated rings. The summed E-state index contributed by atoms with van der Waals surface area (Å²) in [6, 6.07) is 6.54. The van der Waals surface area contributed by atoms with Gasteiger partial charge in [-0.25, -0.2) is 14.4 Å². The molecule has 8 heteroatoms. The van der Waals surface area contributed by atoms with E-state index in [1.807, 2.05) is 24.7 Å². The van der Waals surface area contributed by atoms with Crippen molar-refractivity contribution in [2.24, 2.45) is 5.92 Å². The Labute approximate surface area is 198 Å². The van der Waals surface area contributed by atoms with Crippen LogP contribution in [0, 0.1) is 5.92 Å². The van der Waals surface area contributed by atoms with Crippen molar-refractivity contribution in [3.05, 3.63) is 48.0 Å². The highest BCUT2D eigenvalue weighted by Gasteiger charge is 2.25. The smallest absolute Gasteiger partial charge is 0.230 e. The Balaban J connectivity index is 1.33. The second-order valence-corrected chi connectivity index (χ2v) is 9.75. The number of nitrogens with one attached hydrogen (secondary N) is 1. The molecule has 1 aliphatic carbocycles. The topological polar surface area (TPSA) is 71.8 Å². The largest absolute Gasteiger partial charge is 0.321 e. The third-order valence-electron chi connectivity index (χ3n) is 7.46. The Bertz CT molecular complexity index is 1330. The van der Waals surface area contributed by atoms with Crippen LogP contribution < -0.4 is 5.32 Å². The van der Waals surface area contributed by atoms with E-state index in [-0.39, 0.29) is 6.67 Å². The van der Waals surface area contributed by atoms with Gasteiger partial charge in [-0.05, 0) is 49.3 Å². The van der Waals surface area contributed by atoms with Gasteiger partial charge in [0.15, 0.2) is 0 Å². The molecule has 0 aromatic carbocycles. The van der Waals surface area contributed by atoms with Crippen LogP contribution in [0.1, 0.15) is 49.9 Å². The fourth-order valence-corrected chi connectivity index (χ4v) is 5.57. The summed E-state index contributed by atoms with van der Waals surface area (Å²) in [4.78, 5) is 21.0. The average molecular weight is 460 g/mol. The van der Waals surface area contributed by atoms with Gasteiger partial charge in [-0.3, -0.25) is 9.88 Å². The van der Waals surface area contributed by atoms with Gasteiger partial charge in [0.05, 0.1) is 11.7 Å². The Kier molecular flexibility index (Phi) is 5.61. The predicted octanol–water partition coefficient (Wildman–Crippen LogP) is 5.20. The number of hydrogen-bond acceptors (Lipinski definition) is 6. The van der Waals surface area contributed by atoms with E-state index in [9.17, 15) is 4.39 Å². The van der Waals surface area contributed by atoms with Crippen LogP contribution >= 0.6 is 0 Å². The van der Waals surface area contributed by atoms with Crippen LogP contribution in [0.5, 0.6) is 0 Å². The van der Waals surface area contributed by atoms with Crippen molar-refractivity contribution in [3.63, 3.8) is 0 Å². The van der Waals surface area contributed by atoms with Crippen LogP contribution in [0.15, 0.2) is 36.8 Å². The molecule has 0 spiro atoms. The SMILES string of the molecule is CC1CCC(n2c3cnccc3c3cnc(Nc4ccc5c(n4)CCN(CCF)C5)nc32)CC1. The third kappa shape index (κ3) is 3.90. The first-order valence-electron chi connectivity index (χ1n) is 12.3. The number of nitrogens with zero attached hydrogens (tertiary/aromatic N) is 6. The van der Waals surface area contributed by atoms with E-state index in [1.165, 1.54) is 18.4 Å². The van der Waals surface area contributed by atoms with Crippen LogP contribution in [0.4, 0.5) is 16.2 Å². The maximum absolute atomic E-state index is 12.7. The average Bonchev–Trinajstić information content (AvgIpc) is 3.18. The molecule has 4 aromatic heterocycles. The predicted molar refractivity (Wildman–Crippen MR) is 132 cm³/mol. The molecule has 2 aliphatic rings. The van der Waals surface area contributed by atoms with E-state index in [0.717, 1.165) is 71.7 Å². The van der Waals surface area contributed by atoms with E-state index in [2.05, 4.69) is 43.8 Å². The minimum atomic E-state index is -0.311. The molecule has 0 saturated heterocycles. The molecular formula is C26H30FN7. The first kappa shape index (κ1) is 21.4.